The van der Waals surface area contributed by atoms with Crippen molar-refractivity contribution in [2.45, 2.75) is 12.8 Å². The molecule has 0 spiro atoms. The van der Waals surface area contributed by atoms with Crippen LogP contribution >= 0.6 is 11.6 Å². The van der Waals surface area contributed by atoms with Gasteiger partial charge in [0.15, 0.2) is 5.78 Å². The molecule has 0 radical (unpaired) electrons. The molecule has 2 aromatic rings. The molecule has 0 saturated carbocycles. The van der Waals surface area contributed by atoms with Crippen LogP contribution in [0.5, 0.6) is 5.75 Å². The number of carbonyl (C=O) groups is 1. The quantitative estimate of drug-likeness (QED) is 0.809. The maximum Gasteiger partial charge on any atom is 0.185 e. The van der Waals surface area contributed by atoms with Crippen LogP contribution in [0.25, 0.3) is 0 Å². The lowest BCUT2D eigenvalue weighted by molar-refractivity contribution is 0.0984. The highest BCUT2D eigenvalue weighted by molar-refractivity contribution is 6.30. The van der Waals surface area contributed by atoms with E-state index in [-0.39, 0.29) is 12.2 Å². The molecule has 0 fully saturated rings. The second-order valence-corrected chi connectivity index (χ2v) is 5.08. The molecule has 4 nitrogen and oxygen atoms in total. The van der Waals surface area contributed by atoms with Crippen molar-refractivity contribution < 1.29 is 9.53 Å². The SMILES string of the molecule is Cn1cncc1C(=O)Cc1cc(Cl)cc2c1OCC2. The molecule has 0 amide bonds. The molecule has 0 unspecified atom stereocenters. The van der Waals surface area contributed by atoms with Gasteiger partial charge in [0.2, 0.25) is 0 Å². The summed E-state index contributed by atoms with van der Waals surface area (Å²) in [6.07, 6.45) is 4.32. The maximum absolute atomic E-state index is 12.2. The van der Waals surface area contributed by atoms with E-state index in [2.05, 4.69) is 4.98 Å². The van der Waals surface area contributed by atoms with E-state index < -0.39 is 0 Å². The Morgan fingerprint density at radius 2 is 2.37 bits per heavy atom. The lowest BCUT2D eigenvalue weighted by Gasteiger charge is -2.08. The van der Waals surface area contributed by atoms with Gasteiger partial charge in [0, 0.05) is 30.5 Å². The number of fused-ring (bicyclic) bond motifs is 1. The number of benzene rings is 1. The molecule has 1 aromatic carbocycles. The third-order valence-electron chi connectivity index (χ3n) is 3.28. The van der Waals surface area contributed by atoms with Gasteiger partial charge in [-0.1, -0.05) is 11.6 Å². The minimum absolute atomic E-state index is 0.0139. The summed E-state index contributed by atoms with van der Waals surface area (Å²) < 4.78 is 7.32. The molecule has 1 aliphatic heterocycles. The number of ketones is 1. The van der Waals surface area contributed by atoms with Crippen molar-refractivity contribution in [3.63, 3.8) is 0 Å². The zero-order valence-electron chi connectivity index (χ0n) is 10.5. The normalized spacial score (nSPS) is 13.2. The summed E-state index contributed by atoms with van der Waals surface area (Å²) in [7, 11) is 1.80. The van der Waals surface area contributed by atoms with Gasteiger partial charge in [-0.3, -0.25) is 4.79 Å². The summed E-state index contributed by atoms with van der Waals surface area (Å²) in [5.41, 5.74) is 2.53. The van der Waals surface area contributed by atoms with E-state index in [0.717, 1.165) is 23.3 Å². The topological polar surface area (TPSA) is 44.1 Å². The van der Waals surface area contributed by atoms with Gasteiger partial charge < -0.3 is 9.30 Å². The van der Waals surface area contributed by atoms with Crippen molar-refractivity contribution in [2.75, 3.05) is 6.61 Å². The van der Waals surface area contributed by atoms with Crippen LogP contribution < -0.4 is 4.74 Å². The van der Waals surface area contributed by atoms with Gasteiger partial charge in [0.25, 0.3) is 0 Å². The number of imidazole rings is 1. The number of halogens is 1. The number of aryl methyl sites for hydroxylation is 1. The summed E-state index contributed by atoms with van der Waals surface area (Å²) in [6, 6.07) is 3.71. The first-order valence-electron chi connectivity index (χ1n) is 6.09. The van der Waals surface area contributed by atoms with Crippen LogP contribution in [-0.4, -0.2) is 21.9 Å². The molecule has 0 aliphatic carbocycles. The smallest absolute Gasteiger partial charge is 0.185 e. The molecule has 0 bridgehead atoms. The minimum atomic E-state index is 0.0139. The van der Waals surface area contributed by atoms with Gasteiger partial charge in [-0.25, -0.2) is 4.98 Å². The van der Waals surface area contributed by atoms with Crippen LogP contribution in [0.3, 0.4) is 0 Å². The van der Waals surface area contributed by atoms with Crippen molar-refractivity contribution in [1.29, 1.82) is 0 Å². The van der Waals surface area contributed by atoms with E-state index in [4.69, 9.17) is 16.3 Å². The Morgan fingerprint density at radius 3 is 3.11 bits per heavy atom. The van der Waals surface area contributed by atoms with E-state index in [9.17, 15) is 4.79 Å². The highest BCUT2D eigenvalue weighted by Crippen LogP contribution is 2.33. The lowest BCUT2D eigenvalue weighted by atomic mass is 10.0. The number of rotatable bonds is 3. The average Bonchev–Trinajstić information content (AvgIpc) is 2.97. The maximum atomic E-state index is 12.2. The van der Waals surface area contributed by atoms with Crippen LogP contribution in [0.4, 0.5) is 0 Å². The first-order chi connectivity index (χ1) is 9.15. The van der Waals surface area contributed by atoms with Crippen LogP contribution in [0.15, 0.2) is 24.7 Å². The zero-order valence-corrected chi connectivity index (χ0v) is 11.3. The molecule has 5 heteroatoms. The Bertz CT molecular complexity index is 649. The lowest BCUT2D eigenvalue weighted by Crippen LogP contribution is -2.09. The Labute approximate surface area is 116 Å². The first kappa shape index (κ1) is 12.2. The number of hydrogen-bond donors (Lipinski definition) is 0. The number of nitrogens with zero attached hydrogens (tertiary/aromatic N) is 2. The summed E-state index contributed by atoms with van der Waals surface area (Å²) in [5, 5.41) is 0.650. The third kappa shape index (κ3) is 2.24. The van der Waals surface area contributed by atoms with Gasteiger partial charge >= 0.3 is 0 Å². The molecule has 1 aromatic heterocycles. The van der Waals surface area contributed by atoms with E-state index in [0.29, 0.717) is 17.3 Å². The second kappa shape index (κ2) is 4.70. The number of Topliss-reactive ketones (excluding diaryl/α,β-unsaturated/α-hetero) is 1. The van der Waals surface area contributed by atoms with Crippen LogP contribution in [0, 0.1) is 0 Å². The highest BCUT2D eigenvalue weighted by Gasteiger charge is 2.20. The summed E-state index contributed by atoms with van der Waals surface area (Å²) in [6.45, 7) is 0.655. The van der Waals surface area contributed by atoms with Crippen molar-refractivity contribution in [1.82, 2.24) is 9.55 Å². The van der Waals surface area contributed by atoms with Crippen molar-refractivity contribution in [2.24, 2.45) is 7.05 Å². The molecular weight excluding hydrogens is 264 g/mol. The van der Waals surface area contributed by atoms with Gasteiger partial charge in [0.05, 0.1) is 19.1 Å². The number of aromatic nitrogens is 2. The molecule has 98 valence electrons. The molecule has 2 heterocycles. The van der Waals surface area contributed by atoms with Crippen molar-refractivity contribution in [3.05, 3.63) is 46.5 Å². The third-order valence-corrected chi connectivity index (χ3v) is 3.50. The molecule has 0 N–H and O–H groups in total. The minimum Gasteiger partial charge on any atom is -0.493 e. The Balaban J connectivity index is 1.92. The predicted molar refractivity (Wildman–Crippen MR) is 71.9 cm³/mol. The van der Waals surface area contributed by atoms with Gasteiger partial charge in [-0.2, -0.15) is 0 Å². The number of carbonyl (C=O) groups excluding carboxylic acids is 1. The molecular formula is C14H13ClN2O2. The average molecular weight is 277 g/mol. The summed E-state index contributed by atoms with van der Waals surface area (Å²) >= 11 is 6.08. The fourth-order valence-electron chi connectivity index (χ4n) is 2.37. The van der Waals surface area contributed by atoms with E-state index in [1.807, 2.05) is 6.07 Å². The summed E-state index contributed by atoms with van der Waals surface area (Å²) in [5.74, 6) is 0.833. The van der Waals surface area contributed by atoms with Crippen LogP contribution in [0.2, 0.25) is 5.02 Å². The summed E-state index contributed by atoms with van der Waals surface area (Å²) in [4.78, 5) is 16.2. The van der Waals surface area contributed by atoms with Crippen LogP contribution in [0.1, 0.15) is 21.6 Å². The molecule has 3 rings (SSSR count). The molecule has 0 atom stereocenters. The first-order valence-corrected chi connectivity index (χ1v) is 6.46. The van der Waals surface area contributed by atoms with Crippen LogP contribution in [-0.2, 0) is 19.9 Å². The fraction of sp³-hybridized carbons (Fsp3) is 0.286. The number of ether oxygens (including phenoxy) is 1. The highest BCUT2D eigenvalue weighted by atomic mass is 35.5. The van der Waals surface area contributed by atoms with Gasteiger partial charge in [0.1, 0.15) is 11.4 Å². The van der Waals surface area contributed by atoms with E-state index in [1.54, 1.807) is 30.2 Å². The van der Waals surface area contributed by atoms with E-state index >= 15 is 0 Å². The molecule has 19 heavy (non-hydrogen) atoms. The Kier molecular flexibility index (Phi) is 3.03. The molecule has 1 aliphatic rings. The number of hydrogen-bond acceptors (Lipinski definition) is 3. The zero-order chi connectivity index (χ0) is 13.4. The predicted octanol–water partition coefficient (Wildman–Crippen LogP) is 2.43. The van der Waals surface area contributed by atoms with Crippen molar-refractivity contribution in [3.8, 4) is 5.75 Å². The van der Waals surface area contributed by atoms with Crippen molar-refractivity contribution >= 4 is 17.4 Å². The largest absolute Gasteiger partial charge is 0.493 e. The fourth-order valence-corrected chi connectivity index (χ4v) is 2.63. The van der Waals surface area contributed by atoms with E-state index in [1.165, 1.54) is 0 Å². The monoisotopic (exact) mass is 276 g/mol. The Hall–Kier alpha value is -1.81. The Morgan fingerprint density at radius 1 is 1.53 bits per heavy atom. The van der Waals surface area contributed by atoms with Gasteiger partial charge in [-0.15, -0.1) is 0 Å². The second-order valence-electron chi connectivity index (χ2n) is 4.64. The standard InChI is InChI=1S/C14H13ClN2O2/c1-17-8-16-7-12(17)13(18)6-10-5-11(15)4-9-2-3-19-14(9)10/h4-5,7-8H,2-3,6H2,1H3. The van der Waals surface area contributed by atoms with Gasteiger partial charge in [-0.05, 0) is 17.7 Å². The molecule has 0 saturated heterocycles.